The van der Waals surface area contributed by atoms with Gasteiger partial charge in [0.25, 0.3) is 0 Å². The van der Waals surface area contributed by atoms with Gasteiger partial charge in [0, 0.05) is 4.47 Å². The molecule has 0 heterocycles. The van der Waals surface area contributed by atoms with Gasteiger partial charge in [-0.25, -0.2) is 0 Å². The molecule has 2 unspecified atom stereocenters. The molecular weight excluding hydrogens is 318 g/mol. The number of nitrogens with one attached hydrogen (secondary N) is 1. The molecule has 1 amide bonds. The van der Waals surface area contributed by atoms with E-state index in [0.717, 1.165) is 23.7 Å². The maximum Gasteiger partial charge on any atom is 0.249 e. The number of halogens is 1. The third-order valence-corrected chi connectivity index (χ3v) is 4.05. The Balaban J connectivity index is 1.92. The maximum absolute atomic E-state index is 12.1. The summed E-state index contributed by atoms with van der Waals surface area (Å²) >= 11 is 3.48. The average Bonchev–Trinajstić information content (AvgIpc) is 2.81. The van der Waals surface area contributed by atoms with Crippen molar-refractivity contribution in [2.24, 2.45) is 0 Å². The number of hydrogen-bond acceptors (Lipinski definition) is 2. The summed E-state index contributed by atoms with van der Waals surface area (Å²) in [7, 11) is 0. The monoisotopic (exact) mass is 337 g/mol. The molecule has 0 saturated carbocycles. The molecule has 0 fully saturated rings. The molecule has 2 atom stereocenters. The molecule has 3 nitrogen and oxygen atoms in total. The highest BCUT2D eigenvalue weighted by molar-refractivity contribution is 9.10. The minimum absolute atomic E-state index is 0.0465. The molecule has 4 heteroatoms. The van der Waals surface area contributed by atoms with E-state index in [-0.39, 0.29) is 11.9 Å². The summed E-state index contributed by atoms with van der Waals surface area (Å²) in [6.07, 6.45) is 4.09. The van der Waals surface area contributed by atoms with Crippen LogP contribution in [0.15, 0.2) is 35.3 Å². The van der Waals surface area contributed by atoms with Gasteiger partial charge < -0.3 is 10.1 Å². The fourth-order valence-electron chi connectivity index (χ4n) is 2.43. The first-order valence-electron chi connectivity index (χ1n) is 6.93. The predicted molar refractivity (Wildman–Crippen MR) is 83.6 cm³/mol. The zero-order valence-electron chi connectivity index (χ0n) is 11.7. The van der Waals surface area contributed by atoms with E-state index in [1.54, 1.807) is 13.0 Å². The van der Waals surface area contributed by atoms with Gasteiger partial charge in [-0.2, -0.15) is 0 Å². The predicted octanol–water partition coefficient (Wildman–Crippen LogP) is 3.53. The topological polar surface area (TPSA) is 38.3 Å². The first kappa shape index (κ1) is 15.3. The van der Waals surface area contributed by atoms with E-state index >= 15 is 0 Å². The Kier molecular flexibility index (Phi) is 5.38. The van der Waals surface area contributed by atoms with Crippen molar-refractivity contribution >= 4 is 21.8 Å². The van der Waals surface area contributed by atoms with E-state index in [4.69, 9.17) is 4.74 Å². The smallest absolute Gasteiger partial charge is 0.249 e. The highest BCUT2D eigenvalue weighted by Gasteiger charge is 2.25. The molecule has 0 spiro atoms. The molecule has 1 aromatic rings. The van der Waals surface area contributed by atoms with Gasteiger partial charge >= 0.3 is 0 Å². The van der Waals surface area contributed by atoms with E-state index in [2.05, 4.69) is 40.0 Å². The van der Waals surface area contributed by atoms with Gasteiger partial charge in [-0.3, -0.25) is 4.79 Å². The minimum Gasteiger partial charge on any atom is -0.368 e. The molecule has 20 heavy (non-hydrogen) atoms. The van der Waals surface area contributed by atoms with Gasteiger partial charge in [0.2, 0.25) is 5.91 Å². The van der Waals surface area contributed by atoms with Crippen LogP contribution < -0.4 is 5.32 Å². The highest BCUT2D eigenvalue weighted by atomic mass is 79.9. The van der Waals surface area contributed by atoms with Gasteiger partial charge in [0.05, 0.1) is 12.6 Å². The number of carbonyl (C=O) groups is 1. The molecular formula is C16H20BrNO2. The molecule has 0 saturated heterocycles. The summed E-state index contributed by atoms with van der Waals surface area (Å²) in [5.74, 6) is -0.0465. The third-order valence-electron chi connectivity index (χ3n) is 3.56. The van der Waals surface area contributed by atoms with Crippen LogP contribution in [0, 0.1) is 0 Å². The van der Waals surface area contributed by atoms with Crippen molar-refractivity contribution in [3.63, 3.8) is 0 Å². The van der Waals surface area contributed by atoms with Crippen molar-refractivity contribution in [2.45, 2.75) is 38.3 Å². The number of amides is 1. The van der Waals surface area contributed by atoms with Gasteiger partial charge in [0.15, 0.2) is 0 Å². The maximum atomic E-state index is 12.1. The molecule has 1 N–H and O–H groups in total. The van der Waals surface area contributed by atoms with Crippen LogP contribution in [0.4, 0.5) is 0 Å². The summed E-state index contributed by atoms with van der Waals surface area (Å²) in [5, 5.41) is 3.08. The molecule has 0 bridgehead atoms. The number of fused-ring (bicyclic) bond motifs is 1. The van der Waals surface area contributed by atoms with Gasteiger partial charge in [-0.15, -0.1) is 6.58 Å². The Bertz CT molecular complexity index is 501. The van der Waals surface area contributed by atoms with Crippen LogP contribution in [0.3, 0.4) is 0 Å². The Labute approximate surface area is 128 Å². The third kappa shape index (κ3) is 3.70. The van der Waals surface area contributed by atoms with E-state index in [1.807, 2.05) is 6.07 Å². The molecule has 2 rings (SSSR count). The van der Waals surface area contributed by atoms with Crippen LogP contribution in [0.2, 0.25) is 0 Å². The van der Waals surface area contributed by atoms with Crippen LogP contribution in [0.1, 0.15) is 36.9 Å². The van der Waals surface area contributed by atoms with E-state index in [9.17, 15) is 4.79 Å². The normalized spacial score (nSPS) is 18.4. The van der Waals surface area contributed by atoms with E-state index in [0.29, 0.717) is 6.61 Å². The summed E-state index contributed by atoms with van der Waals surface area (Å²) in [6.45, 7) is 5.95. The number of hydrogen-bond donors (Lipinski definition) is 1. The Morgan fingerprint density at radius 2 is 2.45 bits per heavy atom. The quantitative estimate of drug-likeness (QED) is 0.637. The lowest BCUT2D eigenvalue weighted by molar-refractivity contribution is -0.132. The minimum atomic E-state index is -0.422. The summed E-state index contributed by atoms with van der Waals surface area (Å²) in [4.78, 5) is 12.1. The second-order valence-electron chi connectivity index (χ2n) is 5.03. The van der Waals surface area contributed by atoms with E-state index in [1.165, 1.54) is 11.1 Å². The lowest BCUT2D eigenvalue weighted by Crippen LogP contribution is -2.36. The number of rotatable bonds is 6. The second-order valence-corrected chi connectivity index (χ2v) is 5.95. The van der Waals surface area contributed by atoms with Crippen molar-refractivity contribution in [3.05, 3.63) is 46.5 Å². The first-order chi connectivity index (χ1) is 9.61. The number of benzene rings is 1. The SMILES string of the molecule is C=CCCOC(C)C(=O)NC1CCc2cc(Br)ccc21. The van der Waals surface area contributed by atoms with Crippen LogP contribution in [-0.2, 0) is 16.0 Å². The summed E-state index contributed by atoms with van der Waals surface area (Å²) in [5.41, 5.74) is 2.53. The van der Waals surface area contributed by atoms with Crippen molar-refractivity contribution in [2.75, 3.05) is 6.61 Å². The van der Waals surface area contributed by atoms with Crippen molar-refractivity contribution in [1.29, 1.82) is 0 Å². The van der Waals surface area contributed by atoms with Gasteiger partial charge in [0.1, 0.15) is 6.10 Å². The Morgan fingerprint density at radius 3 is 3.20 bits per heavy atom. The Hall–Kier alpha value is -1.13. The van der Waals surface area contributed by atoms with Crippen LogP contribution in [-0.4, -0.2) is 18.6 Å². The molecule has 1 aromatic carbocycles. The zero-order chi connectivity index (χ0) is 14.5. The van der Waals surface area contributed by atoms with Crippen molar-refractivity contribution in [1.82, 2.24) is 5.32 Å². The standard InChI is InChI=1S/C16H20BrNO2/c1-3-4-9-20-11(2)16(19)18-15-8-5-12-10-13(17)6-7-14(12)15/h3,6-7,10-11,15H,1,4-5,8-9H2,2H3,(H,18,19). The fraction of sp³-hybridized carbons (Fsp3) is 0.438. The highest BCUT2D eigenvalue weighted by Crippen LogP contribution is 2.32. The lowest BCUT2D eigenvalue weighted by Gasteiger charge is -2.18. The molecule has 0 aromatic heterocycles. The first-order valence-corrected chi connectivity index (χ1v) is 7.72. The van der Waals surface area contributed by atoms with Crippen LogP contribution in [0.5, 0.6) is 0 Å². The molecule has 0 aliphatic heterocycles. The number of aryl methyl sites for hydroxylation is 1. The summed E-state index contributed by atoms with van der Waals surface area (Å²) < 4.78 is 6.56. The van der Waals surface area contributed by atoms with Crippen LogP contribution in [0.25, 0.3) is 0 Å². The molecule has 108 valence electrons. The molecule has 1 aliphatic rings. The fourth-order valence-corrected chi connectivity index (χ4v) is 2.84. The van der Waals surface area contributed by atoms with Crippen LogP contribution >= 0.6 is 15.9 Å². The lowest BCUT2D eigenvalue weighted by atomic mass is 10.1. The summed E-state index contributed by atoms with van der Waals surface area (Å²) in [6, 6.07) is 6.34. The number of carbonyl (C=O) groups excluding carboxylic acids is 1. The average molecular weight is 338 g/mol. The van der Waals surface area contributed by atoms with Gasteiger partial charge in [-0.05, 0) is 49.4 Å². The molecule has 0 radical (unpaired) electrons. The largest absolute Gasteiger partial charge is 0.368 e. The Morgan fingerprint density at radius 1 is 1.65 bits per heavy atom. The molecule has 1 aliphatic carbocycles. The van der Waals surface area contributed by atoms with Gasteiger partial charge in [-0.1, -0.05) is 28.1 Å². The van der Waals surface area contributed by atoms with E-state index < -0.39 is 6.10 Å². The zero-order valence-corrected chi connectivity index (χ0v) is 13.3. The van der Waals surface area contributed by atoms with Crippen molar-refractivity contribution < 1.29 is 9.53 Å². The number of ether oxygens (including phenoxy) is 1. The second kappa shape index (κ2) is 7.04. The van der Waals surface area contributed by atoms with Crippen molar-refractivity contribution in [3.8, 4) is 0 Å².